The fourth-order valence-electron chi connectivity index (χ4n) is 0.447. The number of ether oxygens (including phenoxy) is 1. The van der Waals surface area contributed by atoms with E-state index in [1.165, 1.54) is 0 Å². The standard InChI is InChI=1S/C6H10I4O/c7-5(8)1-3-11-4-2-6(9)10/h5-6H,1-4H2. The van der Waals surface area contributed by atoms with Crippen molar-refractivity contribution in [2.75, 3.05) is 13.2 Å². The van der Waals surface area contributed by atoms with Crippen LogP contribution in [0.2, 0.25) is 0 Å². The van der Waals surface area contributed by atoms with Crippen LogP contribution < -0.4 is 0 Å². The van der Waals surface area contributed by atoms with Crippen LogP contribution in [0.5, 0.6) is 0 Å². The lowest BCUT2D eigenvalue weighted by atomic mass is 10.5. The van der Waals surface area contributed by atoms with E-state index < -0.39 is 0 Å². The van der Waals surface area contributed by atoms with Gasteiger partial charge in [0, 0.05) is 13.2 Å². The molecule has 0 aromatic rings. The fourth-order valence-corrected chi connectivity index (χ4v) is 1.46. The molecule has 0 aromatic heterocycles. The summed E-state index contributed by atoms with van der Waals surface area (Å²) in [4.78, 5) is 0. The van der Waals surface area contributed by atoms with E-state index in [1.807, 2.05) is 0 Å². The molecule has 0 heterocycles. The predicted molar refractivity (Wildman–Crippen MR) is 83.7 cm³/mol. The average Bonchev–Trinajstić information content (AvgIpc) is 1.85. The van der Waals surface area contributed by atoms with Crippen molar-refractivity contribution in [2.24, 2.45) is 0 Å². The second-order valence-corrected chi connectivity index (χ2v) is 12.8. The minimum absolute atomic E-state index is 0.709. The molecule has 68 valence electrons. The van der Waals surface area contributed by atoms with E-state index >= 15 is 0 Å². The molecule has 0 aliphatic rings. The highest BCUT2D eigenvalue weighted by molar-refractivity contribution is 14.2. The Kier molecular flexibility index (Phi) is 11.9. The Morgan fingerprint density at radius 1 is 0.818 bits per heavy atom. The third kappa shape index (κ3) is 12.9. The lowest BCUT2D eigenvalue weighted by Gasteiger charge is -2.04. The minimum Gasteiger partial charge on any atom is -0.381 e. The quantitative estimate of drug-likeness (QED) is 0.251. The Bertz CT molecular complexity index is 76.7. The maximum absolute atomic E-state index is 5.44. The van der Waals surface area contributed by atoms with Crippen molar-refractivity contribution < 1.29 is 4.74 Å². The zero-order valence-electron chi connectivity index (χ0n) is 5.90. The van der Waals surface area contributed by atoms with E-state index in [0.717, 1.165) is 26.1 Å². The number of hydrogen-bond donors (Lipinski definition) is 0. The number of halogens is 4. The van der Waals surface area contributed by atoms with Gasteiger partial charge in [-0.25, -0.2) is 0 Å². The third-order valence-corrected chi connectivity index (χ3v) is 3.45. The summed E-state index contributed by atoms with van der Waals surface area (Å²) < 4.78 is 6.85. The van der Waals surface area contributed by atoms with Gasteiger partial charge in [-0.05, 0) is 12.8 Å². The van der Waals surface area contributed by atoms with Gasteiger partial charge >= 0.3 is 0 Å². The van der Waals surface area contributed by atoms with Crippen molar-refractivity contribution in [3.05, 3.63) is 0 Å². The molecule has 0 unspecified atom stereocenters. The maximum atomic E-state index is 5.44. The van der Waals surface area contributed by atoms with Crippen LogP contribution in [0.15, 0.2) is 0 Å². The summed E-state index contributed by atoms with van der Waals surface area (Å²) in [5, 5.41) is 0. The number of hydrogen-bond acceptors (Lipinski definition) is 1. The van der Waals surface area contributed by atoms with Gasteiger partial charge in [-0.2, -0.15) is 0 Å². The van der Waals surface area contributed by atoms with Gasteiger partial charge in [0.25, 0.3) is 0 Å². The maximum Gasteiger partial charge on any atom is 0.0648 e. The normalized spacial score (nSPS) is 11.5. The van der Waals surface area contributed by atoms with Crippen LogP contribution in [0.3, 0.4) is 0 Å². The minimum atomic E-state index is 0.709. The predicted octanol–water partition coefficient (Wildman–Crippen LogP) is 4.18. The second kappa shape index (κ2) is 9.44. The molecule has 0 atom stereocenters. The zero-order valence-corrected chi connectivity index (χ0v) is 14.5. The van der Waals surface area contributed by atoms with Crippen molar-refractivity contribution in [1.82, 2.24) is 0 Å². The zero-order chi connectivity index (χ0) is 8.69. The van der Waals surface area contributed by atoms with E-state index in [2.05, 4.69) is 90.4 Å². The first-order valence-electron chi connectivity index (χ1n) is 3.27. The van der Waals surface area contributed by atoms with Gasteiger partial charge in [0.15, 0.2) is 0 Å². The topological polar surface area (TPSA) is 9.23 Å². The van der Waals surface area contributed by atoms with Gasteiger partial charge in [-0.15, -0.1) is 0 Å². The molecule has 0 spiro atoms. The van der Waals surface area contributed by atoms with Gasteiger partial charge in [-0.1, -0.05) is 90.4 Å². The van der Waals surface area contributed by atoms with E-state index in [9.17, 15) is 0 Å². The third-order valence-electron chi connectivity index (χ3n) is 0.961. The molecular weight excluding hydrogens is 596 g/mol. The summed E-state index contributed by atoms with van der Waals surface area (Å²) in [6.07, 6.45) is 2.32. The van der Waals surface area contributed by atoms with Gasteiger partial charge in [0.1, 0.15) is 0 Å². The summed E-state index contributed by atoms with van der Waals surface area (Å²) in [5.74, 6) is 0. The van der Waals surface area contributed by atoms with E-state index in [0.29, 0.717) is 3.86 Å². The van der Waals surface area contributed by atoms with Crippen LogP contribution in [-0.4, -0.2) is 17.1 Å². The van der Waals surface area contributed by atoms with Gasteiger partial charge in [-0.3, -0.25) is 0 Å². The first kappa shape index (κ1) is 13.9. The highest BCUT2D eigenvalue weighted by Crippen LogP contribution is 2.15. The highest BCUT2D eigenvalue weighted by Gasteiger charge is 1.99. The average molecular weight is 606 g/mol. The van der Waals surface area contributed by atoms with Crippen LogP contribution in [-0.2, 0) is 4.74 Å². The first-order valence-corrected chi connectivity index (χ1v) is 8.25. The molecule has 5 heteroatoms. The molecule has 0 aliphatic heterocycles. The Morgan fingerprint density at radius 3 is 1.45 bits per heavy atom. The van der Waals surface area contributed by atoms with Crippen LogP contribution in [0.4, 0.5) is 0 Å². The molecule has 0 N–H and O–H groups in total. The van der Waals surface area contributed by atoms with Crippen molar-refractivity contribution in [3.63, 3.8) is 0 Å². The molecule has 0 saturated heterocycles. The Balaban J connectivity index is 2.91. The smallest absolute Gasteiger partial charge is 0.0648 e. The number of rotatable bonds is 6. The van der Waals surface area contributed by atoms with Gasteiger partial charge in [0.2, 0.25) is 0 Å². The Labute approximate surface area is 123 Å². The molecule has 0 aliphatic carbocycles. The van der Waals surface area contributed by atoms with Crippen molar-refractivity contribution in [2.45, 2.75) is 16.7 Å². The molecule has 1 nitrogen and oxygen atoms in total. The molecular formula is C6H10I4O. The Hall–Kier alpha value is 2.88. The van der Waals surface area contributed by atoms with Gasteiger partial charge < -0.3 is 4.74 Å². The first-order chi connectivity index (χ1) is 5.13. The lowest BCUT2D eigenvalue weighted by molar-refractivity contribution is 0.136. The molecule has 0 saturated carbocycles. The second-order valence-electron chi connectivity index (χ2n) is 1.97. The molecule has 0 radical (unpaired) electrons. The van der Waals surface area contributed by atoms with Crippen molar-refractivity contribution >= 4 is 90.4 Å². The van der Waals surface area contributed by atoms with E-state index in [-0.39, 0.29) is 0 Å². The molecule has 0 amide bonds. The summed E-state index contributed by atoms with van der Waals surface area (Å²) in [5.41, 5.74) is 0. The van der Waals surface area contributed by atoms with Crippen LogP contribution in [0.1, 0.15) is 12.8 Å². The molecule has 0 fully saturated rings. The van der Waals surface area contributed by atoms with Crippen molar-refractivity contribution in [3.8, 4) is 0 Å². The monoisotopic (exact) mass is 606 g/mol. The van der Waals surface area contributed by atoms with E-state index in [4.69, 9.17) is 4.74 Å². The van der Waals surface area contributed by atoms with Crippen LogP contribution in [0.25, 0.3) is 0 Å². The summed E-state index contributed by atoms with van der Waals surface area (Å²) >= 11 is 9.65. The van der Waals surface area contributed by atoms with E-state index in [1.54, 1.807) is 0 Å². The highest BCUT2D eigenvalue weighted by atomic mass is 127. The lowest BCUT2D eigenvalue weighted by Crippen LogP contribution is -2.02. The van der Waals surface area contributed by atoms with Gasteiger partial charge in [0.05, 0.1) is 3.86 Å². The molecule has 0 bridgehead atoms. The van der Waals surface area contributed by atoms with Crippen molar-refractivity contribution in [1.29, 1.82) is 0 Å². The summed E-state index contributed by atoms with van der Waals surface area (Å²) in [6, 6.07) is 0. The molecule has 11 heavy (non-hydrogen) atoms. The summed E-state index contributed by atoms with van der Waals surface area (Å²) in [6.45, 7) is 1.83. The molecule has 0 aromatic carbocycles. The number of alkyl halides is 4. The largest absolute Gasteiger partial charge is 0.381 e. The Morgan fingerprint density at radius 2 is 1.18 bits per heavy atom. The SMILES string of the molecule is IC(I)CCOCCC(I)I. The van der Waals surface area contributed by atoms with Crippen LogP contribution in [0, 0.1) is 0 Å². The molecule has 0 rings (SSSR count). The van der Waals surface area contributed by atoms with Crippen LogP contribution >= 0.6 is 90.4 Å². The fraction of sp³-hybridized carbons (Fsp3) is 1.00. The summed E-state index contributed by atoms with van der Waals surface area (Å²) in [7, 11) is 0.